The van der Waals surface area contributed by atoms with Crippen LogP contribution in [0.3, 0.4) is 0 Å². The van der Waals surface area contributed by atoms with E-state index in [1.807, 2.05) is 18.2 Å². The van der Waals surface area contributed by atoms with Crippen LogP contribution >= 0.6 is 0 Å². The molecule has 1 aliphatic heterocycles. The van der Waals surface area contributed by atoms with Gasteiger partial charge in [-0.3, -0.25) is 24.1 Å². The average Bonchev–Trinajstić information content (AvgIpc) is 2.99. The van der Waals surface area contributed by atoms with Crippen LogP contribution in [0.5, 0.6) is 0 Å². The Hall–Kier alpha value is -3.48. The Morgan fingerprint density at radius 3 is 2.40 bits per heavy atom. The highest BCUT2D eigenvalue weighted by atomic mass is 16.5. The van der Waals surface area contributed by atoms with E-state index >= 15 is 0 Å². The second-order valence-electron chi connectivity index (χ2n) is 7.53. The number of aryl methyl sites for hydroxylation is 1. The summed E-state index contributed by atoms with van der Waals surface area (Å²) >= 11 is 0. The Morgan fingerprint density at radius 2 is 1.70 bits per heavy atom. The summed E-state index contributed by atoms with van der Waals surface area (Å²) in [6.07, 6.45) is 1.73. The number of hydrogen-bond donors (Lipinski definition) is 1. The zero-order valence-corrected chi connectivity index (χ0v) is 16.6. The van der Waals surface area contributed by atoms with Gasteiger partial charge >= 0.3 is 5.97 Å². The quantitative estimate of drug-likeness (QED) is 0.608. The number of amides is 3. The number of benzene rings is 2. The fourth-order valence-electron chi connectivity index (χ4n) is 3.99. The third kappa shape index (κ3) is 3.70. The first-order valence-electron chi connectivity index (χ1n) is 9.98. The summed E-state index contributed by atoms with van der Waals surface area (Å²) in [6.45, 7) is 0.945. The predicted octanol–water partition coefficient (Wildman–Crippen LogP) is 2.41. The number of imide groups is 1. The lowest BCUT2D eigenvalue weighted by Crippen LogP contribution is -2.42. The van der Waals surface area contributed by atoms with E-state index in [1.54, 1.807) is 24.3 Å². The maximum atomic E-state index is 12.6. The maximum Gasteiger partial charge on any atom is 0.326 e. The van der Waals surface area contributed by atoms with Crippen LogP contribution in [0, 0.1) is 0 Å². The third-order valence-electron chi connectivity index (χ3n) is 5.53. The minimum absolute atomic E-state index is 0.125. The molecule has 3 amide bonds. The molecule has 7 heteroatoms. The van der Waals surface area contributed by atoms with Gasteiger partial charge in [0, 0.05) is 0 Å². The van der Waals surface area contributed by atoms with Crippen molar-refractivity contribution in [2.45, 2.75) is 38.3 Å². The summed E-state index contributed by atoms with van der Waals surface area (Å²) in [6, 6.07) is 14.2. The summed E-state index contributed by atoms with van der Waals surface area (Å²) in [4.78, 5) is 50.4. The number of nitrogens with one attached hydrogen (secondary N) is 1. The van der Waals surface area contributed by atoms with Gasteiger partial charge < -0.3 is 10.1 Å². The Bertz CT molecular complexity index is 997. The average molecular weight is 406 g/mol. The van der Waals surface area contributed by atoms with Crippen molar-refractivity contribution in [3.63, 3.8) is 0 Å². The van der Waals surface area contributed by atoms with E-state index in [0.717, 1.165) is 29.7 Å². The van der Waals surface area contributed by atoms with Gasteiger partial charge in [-0.1, -0.05) is 36.4 Å². The summed E-state index contributed by atoms with van der Waals surface area (Å²) in [5.74, 6) is -2.30. The van der Waals surface area contributed by atoms with Crippen molar-refractivity contribution in [3.8, 4) is 0 Å². The summed E-state index contributed by atoms with van der Waals surface area (Å²) in [5.41, 5.74) is 2.82. The molecule has 1 heterocycles. The largest absolute Gasteiger partial charge is 0.451 e. The van der Waals surface area contributed by atoms with Crippen LogP contribution in [0.4, 0.5) is 0 Å². The molecule has 1 aliphatic carbocycles. The van der Waals surface area contributed by atoms with Gasteiger partial charge in [-0.05, 0) is 49.4 Å². The molecular weight excluding hydrogens is 384 g/mol. The molecule has 154 valence electrons. The first kappa shape index (κ1) is 19.8. The Kier molecular flexibility index (Phi) is 5.35. The lowest BCUT2D eigenvalue weighted by molar-refractivity contribution is -0.155. The van der Waals surface area contributed by atoms with Gasteiger partial charge in [0.25, 0.3) is 17.7 Å². The number of carbonyl (C=O) groups is 4. The molecule has 2 atom stereocenters. The van der Waals surface area contributed by atoms with Crippen LogP contribution in [0.25, 0.3) is 0 Å². The molecule has 0 spiro atoms. The zero-order valence-electron chi connectivity index (χ0n) is 16.6. The number of carbonyl (C=O) groups excluding carboxylic acids is 4. The molecule has 7 nitrogen and oxygen atoms in total. The molecule has 0 aromatic heterocycles. The van der Waals surface area contributed by atoms with Crippen LogP contribution in [-0.2, 0) is 20.7 Å². The van der Waals surface area contributed by atoms with Crippen molar-refractivity contribution < 1.29 is 23.9 Å². The van der Waals surface area contributed by atoms with E-state index in [9.17, 15) is 19.2 Å². The highest BCUT2D eigenvalue weighted by Gasteiger charge is 2.37. The normalized spacial score (nSPS) is 18.4. The van der Waals surface area contributed by atoms with E-state index in [0.29, 0.717) is 0 Å². The van der Waals surface area contributed by atoms with Crippen molar-refractivity contribution in [2.24, 2.45) is 0 Å². The van der Waals surface area contributed by atoms with E-state index in [4.69, 9.17) is 4.74 Å². The van der Waals surface area contributed by atoms with Gasteiger partial charge in [-0.25, -0.2) is 0 Å². The predicted molar refractivity (Wildman–Crippen MR) is 108 cm³/mol. The van der Waals surface area contributed by atoms with Gasteiger partial charge in [0.1, 0.15) is 6.54 Å². The Morgan fingerprint density at radius 1 is 1.07 bits per heavy atom. The lowest BCUT2D eigenvalue weighted by Gasteiger charge is -2.27. The number of ether oxygens (including phenoxy) is 1. The molecule has 0 saturated heterocycles. The molecule has 4 rings (SSSR count). The first-order valence-corrected chi connectivity index (χ1v) is 9.98. The number of hydrogen-bond acceptors (Lipinski definition) is 5. The maximum absolute atomic E-state index is 12.6. The van der Waals surface area contributed by atoms with Gasteiger partial charge in [0.15, 0.2) is 6.10 Å². The van der Waals surface area contributed by atoms with Crippen LogP contribution < -0.4 is 5.32 Å². The van der Waals surface area contributed by atoms with Crippen molar-refractivity contribution in [3.05, 3.63) is 70.8 Å². The smallest absolute Gasteiger partial charge is 0.326 e. The highest BCUT2D eigenvalue weighted by Crippen LogP contribution is 2.29. The molecule has 30 heavy (non-hydrogen) atoms. The summed E-state index contributed by atoms with van der Waals surface area (Å²) in [7, 11) is 0. The number of fused-ring (bicyclic) bond motifs is 2. The fourth-order valence-corrected chi connectivity index (χ4v) is 3.99. The van der Waals surface area contributed by atoms with E-state index in [-0.39, 0.29) is 17.2 Å². The van der Waals surface area contributed by atoms with Gasteiger partial charge in [-0.15, -0.1) is 0 Å². The number of rotatable bonds is 5. The van der Waals surface area contributed by atoms with Crippen LogP contribution in [0.2, 0.25) is 0 Å². The molecular formula is C23H22N2O5. The molecule has 2 aromatic carbocycles. The Balaban J connectivity index is 1.35. The topological polar surface area (TPSA) is 92.8 Å². The third-order valence-corrected chi connectivity index (χ3v) is 5.53. The molecule has 0 bridgehead atoms. The monoisotopic (exact) mass is 406 g/mol. The van der Waals surface area contributed by atoms with E-state index in [2.05, 4.69) is 11.4 Å². The molecule has 0 unspecified atom stereocenters. The van der Waals surface area contributed by atoms with Crippen molar-refractivity contribution in [1.82, 2.24) is 10.2 Å². The molecule has 2 aliphatic rings. The van der Waals surface area contributed by atoms with Gasteiger partial charge in [-0.2, -0.15) is 0 Å². The van der Waals surface area contributed by atoms with E-state index in [1.165, 1.54) is 12.5 Å². The summed E-state index contributed by atoms with van der Waals surface area (Å²) in [5, 5.41) is 2.94. The van der Waals surface area contributed by atoms with Gasteiger partial charge in [0.2, 0.25) is 0 Å². The summed E-state index contributed by atoms with van der Waals surface area (Å²) < 4.78 is 5.20. The number of nitrogens with zero attached hydrogens (tertiary/aromatic N) is 1. The second kappa shape index (κ2) is 8.10. The first-order chi connectivity index (χ1) is 14.5. The fraction of sp³-hybridized carbons (Fsp3) is 0.304. The molecule has 0 saturated carbocycles. The van der Waals surface area contributed by atoms with E-state index < -0.39 is 36.3 Å². The minimum atomic E-state index is -1.04. The Labute approximate surface area is 174 Å². The van der Waals surface area contributed by atoms with Gasteiger partial charge in [0.05, 0.1) is 17.2 Å². The van der Waals surface area contributed by atoms with Crippen molar-refractivity contribution >= 4 is 23.7 Å². The molecule has 1 N–H and O–H groups in total. The van der Waals surface area contributed by atoms with Crippen LogP contribution in [-0.4, -0.2) is 41.2 Å². The molecule has 2 aromatic rings. The van der Waals surface area contributed by atoms with Crippen molar-refractivity contribution in [1.29, 1.82) is 0 Å². The lowest BCUT2D eigenvalue weighted by atomic mass is 9.87. The van der Waals surface area contributed by atoms with Crippen LogP contribution in [0.15, 0.2) is 48.5 Å². The number of esters is 1. The van der Waals surface area contributed by atoms with Crippen molar-refractivity contribution in [2.75, 3.05) is 6.54 Å². The highest BCUT2D eigenvalue weighted by molar-refractivity contribution is 6.22. The standard InChI is InChI=1S/C23H22N2O5/c1-14(21(27)24-19-12-6-8-15-7-2-3-9-16(15)19)30-20(26)13-25-22(28)17-10-4-5-11-18(17)23(25)29/h2-5,7,9-11,14,19H,6,8,12-13H2,1H3,(H,24,27)/t14-,19+/m0/s1. The molecule has 0 fully saturated rings. The van der Waals surface area contributed by atoms with Crippen LogP contribution in [0.1, 0.15) is 57.7 Å². The molecule has 0 radical (unpaired) electrons. The zero-order chi connectivity index (χ0) is 21.3. The second-order valence-corrected chi connectivity index (χ2v) is 7.53. The minimum Gasteiger partial charge on any atom is -0.451 e. The SMILES string of the molecule is C[C@H](OC(=O)CN1C(=O)c2ccccc2C1=O)C(=O)N[C@@H]1CCCc2ccccc21.